The van der Waals surface area contributed by atoms with Crippen LogP contribution in [0.25, 0.3) is 0 Å². The van der Waals surface area contributed by atoms with Crippen LogP contribution in [0.2, 0.25) is 0 Å². The van der Waals surface area contributed by atoms with Gasteiger partial charge in [0.2, 0.25) is 5.79 Å². The van der Waals surface area contributed by atoms with E-state index in [2.05, 4.69) is 6.08 Å². The quantitative estimate of drug-likeness (QED) is 0.562. The Morgan fingerprint density at radius 2 is 2.28 bits per heavy atom. The van der Waals surface area contributed by atoms with E-state index in [-0.39, 0.29) is 24.1 Å². The van der Waals surface area contributed by atoms with Gasteiger partial charge in [0.15, 0.2) is 6.29 Å². The second-order valence-electron chi connectivity index (χ2n) is 5.62. The van der Waals surface area contributed by atoms with Crippen LogP contribution in [0.3, 0.4) is 0 Å². The maximum Gasteiger partial charge on any atom is 0.244 e. The van der Waals surface area contributed by atoms with Gasteiger partial charge in [-0.15, -0.1) is 0 Å². The van der Waals surface area contributed by atoms with E-state index in [9.17, 15) is 0 Å². The smallest absolute Gasteiger partial charge is 0.244 e. The third-order valence-electron chi connectivity index (χ3n) is 4.96. The summed E-state index contributed by atoms with van der Waals surface area (Å²) >= 11 is 0. The molecule has 4 aliphatic rings. The van der Waals surface area contributed by atoms with E-state index in [4.69, 9.17) is 23.7 Å². The molecule has 3 fully saturated rings. The van der Waals surface area contributed by atoms with Crippen molar-refractivity contribution < 1.29 is 23.7 Å². The number of methoxy groups -OCH3 is 1. The van der Waals surface area contributed by atoms with Crippen molar-refractivity contribution in [3.05, 3.63) is 12.3 Å². The second-order valence-corrected chi connectivity index (χ2v) is 5.62. The van der Waals surface area contributed by atoms with E-state index in [1.807, 2.05) is 0 Å². The molecule has 0 radical (unpaired) electrons. The molecule has 3 aliphatic heterocycles. The SMILES string of the molecule is COCOC[C@]12OC=C[C@]34CCC[C@]13C[C@H](O2)O4. The van der Waals surface area contributed by atoms with Crippen LogP contribution in [0.4, 0.5) is 0 Å². The van der Waals surface area contributed by atoms with E-state index in [1.165, 1.54) is 0 Å². The molecular formula is C13H18O5. The predicted octanol–water partition coefficient (Wildman–Crippen LogP) is 1.53. The van der Waals surface area contributed by atoms with Crippen molar-refractivity contribution in [2.75, 3.05) is 20.5 Å². The Kier molecular flexibility index (Phi) is 2.17. The molecule has 1 aliphatic carbocycles. The van der Waals surface area contributed by atoms with Gasteiger partial charge < -0.3 is 23.7 Å². The van der Waals surface area contributed by atoms with Crippen molar-refractivity contribution in [3.63, 3.8) is 0 Å². The van der Waals surface area contributed by atoms with Crippen molar-refractivity contribution in [2.45, 2.75) is 43.4 Å². The first-order valence-electron chi connectivity index (χ1n) is 6.54. The van der Waals surface area contributed by atoms with E-state index in [0.29, 0.717) is 6.61 Å². The lowest BCUT2D eigenvalue weighted by Crippen LogP contribution is -2.63. The minimum absolute atomic E-state index is 0.0762. The van der Waals surface area contributed by atoms with E-state index >= 15 is 0 Å². The number of fused-ring (bicyclic) bond motifs is 1. The molecule has 1 spiro atoms. The summed E-state index contributed by atoms with van der Waals surface area (Å²) in [5.74, 6) is -0.681. The zero-order chi connectivity index (χ0) is 12.3. The molecule has 1 saturated carbocycles. The number of hydrogen-bond acceptors (Lipinski definition) is 5. The molecule has 5 heteroatoms. The molecule has 0 unspecified atom stereocenters. The van der Waals surface area contributed by atoms with Gasteiger partial charge in [-0.2, -0.15) is 0 Å². The lowest BCUT2D eigenvalue weighted by Gasteiger charge is -2.52. The largest absolute Gasteiger partial charge is 0.467 e. The molecule has 0 aromatic heterocycles. The second kappa shape index (κ2) is 3.48. The van der Waals surface area contributed by atoms with Crippen LogP contribution in [0.5, 0.6) is 0 Å². The van der Waals surface area contributed by atoms with Crippen LogP contribution in [-0.2, 0) is 23.7 Å². The summed E-state index contributed by atoms with van der Waals surface area (Å²) in [7, 11) is 1.61. The summed E-state index contributed by atoms with van der Waals surface area (Å²) < 4.78 is 28.4. The minimum atomic E-state index is -0.681. The number of ether oxygens (including phenoxy) is 5. The van der Waals surface area contributed by atoms with Crippen molar-refractivity contribution >= 4 is 0 Å². The van der Waals surface area contributed by atoms with Gasteiger partial charge in [-0.1, -0.05) is 0 Å². The third kappa shape index (κ3) is 1.08. The van der Waals surface area contributed by atoms with Crippen LogP contribution in [0.15, 0.2) is 12.3 Å². The molecule has 3 heterocycles. The van der Waals surface area contributed by atoms with Crippen LogP contribution < -0.4 is 0 Å². The van der Waals surface area contributed by atoms with Gasteiger partial charge in [0.05, 0.1) is 11.7 Å². The summed E-state index contributed by atoms with van der Waals surface area (Å²) in [4.78, 5) is 0. The highest BCUT2D eigenvalue weighted by Crippen LogP contribution is 2.70. The topological polar surface area (TPSA) is 46.2 Å². The van der Waals surface area contributed by atoms with Crippen molar-refractivity contribution in [3.8, 4) is 0 Å². The average Bonchev–Trinajstić information content (AvgIpc) is 2.91. The highest BCUT2D eigenvalue weighted by Gasteiger charge is 2.79. The highest BCUT2D eigenvalue weighted by atomic mass is 16.8. The molecule has 0 aromatic carbocycles. The van der Waals surface area contributed by atoms with Gasteiger partial charge in [-0.25, -0.2) is 0 Å². The maximum atomic E-state index is 6.09. The number of hydrogen-bond donors (Lipinski definition) is 0. The fourth-order valence-corrected chi connectivity index (χ4v) is 4.31. The van der Waals surface area contributed by atoms with E-state index in [0.717, 1.165) is 25.7 Å². The standard InChI is InChI=1S/C13H18O5/c1-14-9-15-8-13-11-3-2-4-12(11,5-6-16-13)17-10(7-11)18-13/h5-6,10H,2-4,7-9H2,1H3/t10-,11+,12+,13+/m0/s1. The van der Waals surface area contributed by atoms with Gasteiger partial charge in [0, 0.05) is 13.5 Å². The first-order chi connectivity index (χ1) is 8.76. The van der Waals surface area contributed by atoms with Crippen LogP contribution in [0.1, 0.15) is 25.7 Å². The lowest BCUT2D eigenvalue weighted by atomic mass is 9.67. The van der Waals surface area contributed by atoms with Gasteiger partial charge in [-0.05, 0) is 25.3 Å². The Balaban J connectivity index is 1.70. The molecule has 2 bridgehead atoms. The highest BCUT2D eigenvalue weighted by molar-refractivity contribution is 5.28. The summed E-state index contributed by atoms with van der Waals surface area (Å²) in [6.45, 7) is 0.652. The van der Waals surface area contributed by atoms with Crippen molar-refractivity contribution in [2.24, 2.45) is 5.41 Å². The average molecular weight is 254 g/mol. The zero-order valence-electron chi connectivity index (χ0n) is 10.5. The van der Waals surface area contributed by atoms with Gasteiger partial charge in [0.1, 0.15) is 19.0 Å². The molecular weight excluding hydrogens is 236 g/mol. The summed E-state index contributed by atoms with van der Waals surface area (Å²) in [5.41, 5.74) is -0.266. The summed E-state index contributed by atoms with van der Waals surface area (Å²) in [5, 5.41) is 0. The van der Waals surface area contributed by atoms with Gasteiger partial charge in [-0.3, -0.25) is 0 Å². The van der Waals surface area contributed by atoms with Gasteiger partial charge >= 0.3 is 0 Å². The monoisotopic (exact) mass is 254 g/mol. The molecule has 4 atom stereocenters. The first-order valence-corrected chi connectivity index (χ1v) is 6.54. The van der Waals surface area contributed by atoms with Crippen LogP contribution in [0, 0.1) is 5.41 Å². The molecule has 2 saturated heterocycles. The Morgan fingerprint density at radius 3 is 3.17 bits per heavy atom. The third-order valence-corrected chi connectivity index (χ3v) is 4.96. The van der Waals surface area contributed by atoms with E-state index < -0.39 is 5.79 Å². The molecule has 4 rings (SSSR count). The lowest BCUT2D eigenvalue weighted by molar-refractivity contribution is -0.376. The van der Waals surface area contributed by atoms with E-state index in [1.54, 1.807) is 13.4 Å². The van der Waals surface area contributed by atoms with Crippen LogP contribution in [-0.4, -0.2) is 38.2 Å². The van der Waals surface area contributed by atoms with Crippen molar-refractivity contribution in [1.82, 2.24) is 0 Å². The number of rotatable bonds is 4. The van der Waals surface area contributed by atoms with Gasteiger partial charge in [0.25, 0.3) is 0 Å². The summed E-state index contributed by atoms with van der Waals surface area (Å²) in [6.07, 6.45) is 7.84. The Bertz CT molecular complexity index is 397. The predicted molar refractivity (Wildman–Crippen MR) is 60.4 cm³/mol. The molecule has 18 heavy (non-hydrogen) atoms. The molecule has 100 valence electrons. The first kappa shape index (κ1) is 11.2. The van der Waals surface area contributed by atoms with Crippen molar-refractivity contribution in [1.29, 1.82) is 0 Å². The molecule has 5 nitrogen and oxygen atoms in total. The zero-order valence-corrected chi connectivity index (χ0v) is 10.5. The Hall–Kier alpha value is -0.620. The molecule has 0 N–H and O–H groups in total. The molecule has 0 amide bonds. The summed E-state index contributed by atoms with van der Waals surface area (Å²) in [6, 6.07) is 0. The fraction of sp³-hybridized carbons (Fsp3) is 0.846. The Morgan fingerprint density at radius 1 is 1.33 bits per heavy atom. The minimum Gasteiger partial charge on any atom is -0.467 e. The normalized spacial score (nSPS) is 51.5. The molecule has 0 aromatic rings. The fourth-order valence-electron chi connectivity index (χ4n) is 4.31. The van der Waals surface area contributed by atoms with Crippen LogP contribution >= 0.6 is 0 Å². The maximum absolute atomic E-state index is 6.09. The Labute approximate surface area is 106 Å².